The van der Waals surface area contributed by atoms with E-state index >= 15 is 0 Å². The molecule has 1 amide bonds. The van der Waals surface area contributed by atoms with E-state index < -0.39 is 0 Å². The molecule has 0 aliphatic heterocycles. The average Bonchev–Trinajstić information content (AvgIpc) is 3.11. The summed E-state index contributed by atoms with van der Waals surface area (Å²) < 4.78 is 15.2. The molecule has 2 aromatic carbocycles. The van der Waals surface area contributed by atoms with E-state index in [0.29, 0.717) is 23.9 Å². The van der Waals surface area contributed by atoms with Crippen LogP contribution in [0.2, 0.25) is 0 Å². The fourth-order valence-corrected chi connectivity index (χ4v) is 3.91. The van der Waals surface area contributed by atoms with Gasteiger partial charge in [0, 0.05) is 24.3 Å². The summed E-state index contributed by atoms with van der Waals surface area (Å²) in [5.74, 6) is 0.668. The second-order valence-electron chi connectivity index (χ2n) is 6.27. The van der Waals surface area contributed by atoms with Crippen molar-refractivity contribution in [1.29, 1.82) is 0 Å². The standard InChI is InChI=1S/C21H23FN4OS/c1-4-25(17-12-10-16(22)11-13-17)19(27)14-28-21-24-23-20(26(21)5-2)18-9-7-6-8-15(18)3/h6-13H,4-5,14H2,1-3H3. The number of carbonyl (C=O) groups is 1. The number of hydrogen-bond acceptors (Lipinski definition) is 4. The van der Waals surface area contributed by atoms with E-state index in [9.17, 15) is 9.18 Å². The number of hydrogen-bond donors (Lipinski definition) is 0. The lowest BCUT2D eigenvalue weighted by Crippen LogP contribution is -2.32. The summed E-state index contributed by atoms with van der Waals surface area (Å²) in [5.41, 5.74) is 2.86. The van der Waals surface area contributed by atoms with Gasteiger partial charge < -0.3 is 9.47 Å². The van der Waals surface area contributed by atoms with Crippen LogP contribution in [0.1, 0.15) is 19.4 Å². The third kappa shape index (κ3) is 4.25. The molecule has 0 unspecified atom stereocenters. The number of aromatic nitrogens is 3. The van der Waals surface area contributed by atoms with Crippen molar-refractivity contribution in [1.82, 2.24) is 14.8 Å². The molecule has 0 aliphatic rings. The highest BCUT2D eigenvalue weighted by Gasteiger charge is 2.18. The Morgan fingerprint density at radius 1 is 1.11 bits per heavy atom. The minimum Gasteiger partial charge on any atom is -0.312 e. The lowest BCUT2D eigenvalue weighted by molar-refractivity contribution is -0.116. The van der Waals surface area contributed by atoms with Gasteiger partial charge in [-0.15, -0.1) is 10.2 Å². The number of amides is 1. The summed E-state index contributed by atoms with van der Waals surface area (Å²) >= 11 is 1.37. The predicted octanol–water partition coefficient (Wildman–Crippen LogP) is 4.56. The first-order valence-corrected chi connectivity index (χ1v) is 10.2. The van der Waals surface area contributed by atoms with Crippen molar-refractivity contribution in [3.8, 4) is 11.4 Å². The molecule has 7 heteroatoms. The summed E-state index contributed by atoms with van der Waals surface area (Å²) in [7, 11) is 0. The maximum atomic E-state index is 13.2. The molecular weight excluding hydrogens is 375 g/mol. The monoisotopic (exact) mass is 398 g/mol. The van der Waals surface area contributed by atoms with Gasteiger partial charge in [0.1, 0.15) is 5.82 Å². The molecule has 1 heterocycles. The number of carbonyl (C=O) groups excluding carboxylic acids is 1. The number of anilines is 1. The van der Waals surface area contributed by atoms with Crippen LogP contribution in [0, 0.1) is 12.7 Å². The summed E-state index contributed by atoms with van der Waals surface area (Å²) in [4.78, 5) is 14.4. The molecule has 0 fully saturated rings. The Bertz CT molecular complexity index is 955. The van der Waals surface area contributed by atoms with Crippen molar-refractivity contribution < 1.29 is 9.18 Å². The van der Waals surface area contributed by atoms with Gasteiger partial charge in [-0.1, -0.05) is 36.0 Å². The maximum Gasteiger partial charge on any atom is 0.237 e. The summed E-state index contributed by atoms with van der Waals surface area (Å²) in [6.45, 7) is 7.20. The van der Waals surface area contributed by atoms with Gasteiger partial charge in [0.25, 0.3) is 0 Å². The SMILES string of the molecule is CCN(C(=O)CSc1nnc(-c2ccccc2C)n1CC)c1ccc(F)cc1. The highest BCUT2D eigenvalue weighted by Crippen LogP contribution is 2.26. The van der Waals surface area contributed by atoms with Crippen molar-refractivity contribution >= 4 is 23.4 Å². The minimum atomic E-state index is -0.318. The fraction of sp³-hybridized carbons (Fsp3) is 0.286. The number of benzene rings is 2. The summed E-state index contributed by atoms with van der Waals surface area (Å²) in [6, 6.07) is 14.0. The van der Waals surface area contributed by atoms with Crippen LogP contribution in [0.15, 0.2) is 53.7 Å². The number of halogens is 1. The summed E-state index contributed by atoms with van der Waals surface area (Å²) in [5, 5.41) is 9.37. The summed E-state index contributed by atoms with van der Waals surface area (Å²) in [6.07, 6.45) is 0. The molecule has 0 spiro atoms. The topological polar surface area (TPSA) is 51.0 Å². The average molecular weight is 399 g/mol. The molecule has 28 heavy (non-hydrogen) atoms. The van der Waals surface area contributed by atoms with Gasteiger partial charge in [-0.2, -0.15) is 0 Å². The molecular formula is C21H23FN4OS. The van der Waals surface area contributed by atoms with Gasteiger partial charge in [-0.25, -0.2) is 4.39 Å². The highest BCUT2D eigenvalue weighted by molar-refractivity contribution is 7.99. The Kier molecular flexibility index (Phi) is 6.46. The van der Waals surface area contributed by atoms with Crippen molar-refractivity contribution in [2.45, 2.75) is 32.5 Å². The molecule has 0 N–H and O–H groups in total. The molecule has 0 bridgehead atoms. The van der Waals surface area contributed by atoms with Gasteiger partial charge in [0.2, 0.25) is 5.91 Å². The molecule has 3 aromatic rings. The maximum absolute atomic E-state index is 13.2. The Morgan fingerprint density at radius 2 is 1.82 bits per heavy atom. The van der Waals surface area contributed by atoms with Gasteiger partial charge in [-0.3, -0.25) is 4.79 Å². The number of thioether (sulfide) groups is 1. The predicted molar refractivity (Wildman–Crippen MR) is 111 cm³/mol. The third-order valence-corrected chi connectivity index (χ3v) is 5.45. The van der Waals surface area contributed by atoms with Crippen LogP contribution in [0.25, 0.3) is 11.4 Å². The quantitative estimate of drug-likeness (QED) is 0.548. The molecule has 0 atom stereocenters. The number of nitrogens with zero attached hydrogens (tertiary/aromatic N) is 4. The van der Waals surface area contributed by atoms with Gasteiger partial charge in [0.15, 0.2) is 11.0 Å². The fourth-order valence-electron chi connectivity index (χ4n) is 3.03. The number of rotatable bonds is 7. The lowest BCUT2D eigenvalue weighted by atomic mass is 10.1. The van der Waals surface area contributed by atoms with E-state index in [2.05, 4.69) is 10.2 Å². The van der Waals surface area contributed by atoms with E-state index in [4.69, 9.17) is 0 Å². The molecule has 3 rings (SSSR count). The van der Waals surface area contributed by atoms with Crippen molar-refractivity contribution in [3.05, 3.63) is 59.9 Å². The highest BCUT2D eigenvalue weighted by atomic mass is 32.2. The van der Waals surface area contributed by atoms with E-state index in [1.165, 1.54) is 23.9 Å². The normalized spacial score (nSPS) is 10.9. The first-order chi connectivity index (χ1) is 13.5. The molecule has 0 saturated heterocycles. The van der Waals surface area contributed by atoms with Crippen LogP contribution in [0.3, 0.4) is 0 Å². The van der Waals surface area contributed by atoms with Crippen LogP contribution in [-0.4, -0.2) is 33.0 Å². The largest absolute Gasteiger partial charge is 0.312 e. The first-order valence-electron chi connectivity index (χ1n) is 9.23. The Labute approximate surface area is 168 Å². The molecule has 0 radical (unpaired) electrons. The molecule has 5 nitrogen and oxygen atoms in total. The Hall–Kier alpha value is -2.67. The van der Waals surface area contributed by atoms with E-state index in [1.807, 2.05) is 49.6 Å². The molecule has 146 valence electrons. The Balaban J connectivity index is 1.76. The second-order valence-corrected chi connectivity index (χ2v) is 7.21. The van der Waals surface area contributed by atoms with Crippen molar-refractivity contribution in [3.63, 3.8) is 0 Å². The lowest BCUT2D eigenvalue weighted by Gasteiger charge is -2.20. The van der Waals surface area contributed by atoms with Crippen LogP contribution >= 0.6 is 11.8 Å². The van der Waals surface area contributed by atoms with Crippen LogP contribution in [0.4, 0.5) is 10.1 Å². The van der Waals surface area contributed by atoms with Crippen LogP contribution in [0.5, 0.6) is 0 Å². The molecule has 1 aromatic heterocycles. The van der Waals surface area contributed by atoms with E-state index in [-0.39, 0.29) is 17.5 Å². The molecule has 0 aliphatic carbocycles. The van der Waals surface area contributed by atoms with Crippen molar-refractivity contribution in [2.75, 3.05) is 17.2 Å². The number of aryl methyl sites for hydroxylation is 1. The van der Waals surface area contributed by atoms with Gasteiger partial charge in [0.05, 0.1) is 5.75 Å². The van der Waals surface area contributed by atoms with E-state index in [0.717, 1.165) is 17.0 Å². The third-order valence-electron chi connectivity index (χ3n) is 4.50. The van der Waals surface area contributed by atoms with Crippen molar-refractivity contribution in [2.24, 2.45) is 0 Å². The Morgan fingerprint density at radius 3 is 2.46 bits per heavy atom. The van der Waals surface area contributed by atoms with Crippen LogP contribution in [-0.2, 0) is 11.3 Å². The zero-order valence-corrected chi connectivity index (χ0v) is 17.0. The second kappa shape index (κ2) is 9.01. The van der Waals surface area contributed by atoms with Crippen LogP contribution < -0.4 is 4.90 Å². The minimum absolute atomic E-state index is 0.0535. The molecule has 0 saturated carbocycles. The smallest absolute Gasteiger partial charge is 0.237 e. The zero-order chi connectivity index (χ0) is 20.1. The van der Waals surface area contributed by atoms with Gasteiger partial charge in [-0.05, 0) is 50.6 Å². The zero-order valence-electron chi connectivity index (χ0n) is 16.2. The first kappa shape index (κ1) is 20.1. The van der Waals surface area contributed by atoms with E-state index in [1.54, 1.807) is 17.0 Å². The van der Waals surface area contributed by atoms with Gasteiger partial charge >= 0.3 is 0 Å².